The molecular weight excluding hydrogens is 255 g/mol. The van der Waals surface area contributed by atoms with E-state index in [-0.39, 0.29) is 11.6 Å². The van der Waals surface area contributed by atoms with E-state index in [2.05, 4.69) is 0 Å². The molecular formula is C11H13ClF3NO. The third-order valence-corrected chi connectivity index (χ3v) is 2.68. The first-order valence-corrected chi connectivity index (χ1v) is 5.43. The Morgan fingerprint density at radius 3 is 2.53 bits per heavy atom. The maximum absolute atomic E-state index is 12.6. The molecule has 0 saturated carbocycles. The number of halogens is 4. The third-order valence-electron chi connectivity index (χ3n) is 2.35. The van der Waals surface area contributed by atoms with Gasteiger partial charge < -0.3 is 10.0 Å². The van der Waals surface area contributed by atoms with E-state index in [0.29, 0.717) is 18.7 Å². The molecule has 1 aromatic rings. The number of hydrogen-bond donors (Lipinski definition) is 1. The molecule has 1 rings (SSSR count). The minimum Gasteiger partial charge on any atom is -0.396 e. The SMILES string of the molecule is CN(CCCO)c1ccc(Cl)c(C(F)(F)F)c1. The van der Waals surface area contributed by atoms with E-state index in [1.807, 2.05) is 0 Å². The van der Waals surface area contributed by atoms with Crippen LogP contribution in [0.5, 0.6) is 0 Å². The van der Waals surface area contributed by atoms with Crippen molar-refractivity contribution in [2.24, 2.45) is 0 Å². The van der Waals surface area contributed by atoms with Crippen LogP contribution in [0, 0.1) is 0 Å². The lowest BCUT2D eigenvalue weighted by atomic mass is 10.2. The average Bonchev–Trinajstić information content (AvgIpc) is 2.25. The van der Waals surface area contributed by atoms with Crippen LogP contribution in [-0.2, 0) is 6.18 Å². The van der Waals surface area contributed by atoms with Crippen molar-refractivity contribution in [1.29, 1.82) is 0 Å². The van der Waals surface area contributed by atoms with Crippen LogP contribution < -0.4 is 4.90 Å². The molecule has 0 fully saturated rings. The Morgan fingerprint density at radius 1 is 1.35 bits per heavy atom. The van der Waals surface area contributed by atoms with Gasteiger partial charge in [-0.15, -0.1) is 0 Å². The first-order valence-electron chi connectivity index (χ1n) is 5.05. The van der Waals surface area contributed by atoms with Crippen LogP contribution in [0.2, 0.25) is 5.02 Å². The van der Waals surface area contributed by atoms with Crippen LogP contribution in [0.4, 0.5) is 18.9 Å². The van der Waals surface area contributed by atoms with E-state index in [0.717, 1.165) is 6.07 Å². The number of alkyl halides is 3. The molecule has 0 aliphatic carbocycles. The Kier molecular flexibility index (Phi) is 4.65. The van der Waals surface area contributed by atoms with Gasteiger partial charge in [-0.2, -0.15) is 13.2 Å². The highest BCUT2D eigenvalue weighted by Crippen LogP contribution is 2.36. The summed E-state index contributed by atoms with van der Waals surface area (Å²) in [4.78, 5) is 1.64. The Bertz CT molecular complexity index is 381. The first kappa shape index (κ1) is 14.1. The van der Waals surface area contributed by atoms with Gasteiger partial charge in [0.15, 0.2) is 0 Å². The van der Waals surface area contributed by atoms with Gasteiger partial charge in [-0.05, 0) is 24.6 Å². The molecule has 0 spiro atoms. The fraction of sp³-hybridized carbons (Fsp3) is 0.455. The van der Waals surface area contributed by atoms with Crippen molar-refractivity contribution < 1.29 is 18.3 Å². The molecule has 0 bridgehead atoms. The van der Waals surface area contributed by atoms with Gasteiger partial charge in [-0.25, -0.2) is 0 Å². The summed E-state index contributed by atoms with van der Waals surface area (Å²) in [7, 11) is 1.67. The zero-order chi connectivity index (χ0) is 13.1. The van der Waals surface area contributed by atoms with Gasteiger partial charge in [0.25, 0.3) is 0 Å². The number of benzene rings is 1. The van der Waals surface area contributed by atoms with Gasteiger partial charge in [0.2, 0.25) is 0 Å². The monoisotopic (exact) mass is 267 g/mol. The molecule has 0 unspecified atom stereocenters. The summed E-state index contributed by atoms with van der Waals surface area (Å²) in [5, 5.41) is 8.35. The second-order valence-corrected chi connectivity index (χ2v) is 4.07. The maximum atomic E-state index is 12.6. The molecule has 2 nitrogen and oxygen atoms in total. The lowest BCUT2D eigenvalue weighted by Gasteiger charge is -2.20. The van der Waals surface area contributed by atoms with Crippen molar-refractivity contribution in [2.75, 3.05) is 25.1 Å². The average molecular weight is 268 g/mol. The Hall–Kier alpha value is -0.940. The molecule has 0 aliphatic rings. The van der Waals surface area contributed by atoms with Crippen molar-refractivity contribution >= 4 is 17.3 Å². The van der Waals surface area contributed by atoms with Gasteiger partial charge in [0.05, 0.1) is 10.6 Å². The standard InChI is InChI=1S/C11H13ClF3NO/c1-16(5-2-6-17)8-3-4-10(12)9(7-8)11(13,14)15/h3-4,7,17H,2,5-6H2,1H3. The molecule has 0 radical (unpaired) electrons. The first-order chi connectivity index (χ1) is 7.86. The van der Waals surface area contributed by atoms with E-state index in [1.165, 1.54) is 12.1 Å². The topological polar surface area (TPSA) is 23.5 Å². The summed E-state index contributed by atoms with van der Waals surface area (Å²) in [6, 6.07) is 3.77. The summed E-state index contributed by atoms with van der Waals surface area (Å²) >= 11 is 5.51. The summed E-state index contributed by atoms with van der Waals surface area (Å²) < 4.78 is 37.8. The Balaban J connectivity index is 2.96. The number of rotatable bonds is 4. The second-order valence-electron chi connectivity index (χ2n) is 3.66. The minimum absolute atomic E-state index is 0.00403. The molecule has 0 atom stereocenters. The maximum Gasteiger partial charge on any atom is 0.417 e. The van der Waals surface area contributed by atoms with E-state index in [4.69, 9.17) is 16.7 Å². The van der Waals surface area contributed by atoms with Crippen LogP contribution >= 0.6 is 11.6 Å². The van der Waals surface area contributed by atoms with E-state index < -0.39 is 11.7 Å². The normalized spacial score (nSPS) is 11.6. The number of hydrogen-bond acceptors (Lipinski definition) is 2. The highest BCUT2D eigenvalue weighted by Gasteiger charge is 2.33. The molecule has 0 heterocycles. The number of nitrogens with zero attached hydrogens (tertiary/aromatic N) is 1. The highest BCUT2D eigenvalue weighted by atomic mass is 35.5. The molecule has 0 saturated heterocycles. The molecule has 0 aliphatic heterocycles. The third kappa shape index (κ3) is 3.78. The van der Waals surface area contributed by atoms with Crippen LogP contribution in [0.1, 0.15) is 12.0 Å². The van der Waals surface area contributed by atoms with Gasteiger partial charge in [-0.1, -0.05) is 11.6 Å². The van der Waals surface area contributed by atoms with Crippen LogP contribution in [-0.4, -0.2) is 25.3 Å². The van der Waals surface area contributed by atoms with Gasteiger partial charge in [0.1, 0.15) is 0 Å². The zero-order valence-electron chi connectivity index (χ0n) is 9.26. The van der Waals surface area contributed by atoms with Crippen molar-refractivity contribution in [3.8, 4) is 0 Å². The zero-order valence-corrected chi connectivity index (χ0v) is 10.0. The van der Waals surface area contributed by atoms with Crippen LogP contribution in [0.15, 0.2) is 18.2 Å². The van der Waals surface area contributed by atoms with Crippen molar-refractivity contribution in [3.05, 3.63) is 28.8 Å². The van der Waals surface area contributed by atoms with Crippen molar-refractivity contribution in [2.45, 2.75) is 12.6 Å². The lowest BCUT2D eigenvalue weighted by Crippen LogP contribution is -2.20. The van der Waals surface area contributed by atoms with Gasteiger partial charge in [-0.3, -0.25) is 0 Å². The summed E-state index contributed by atoms with van der Waals surface area (Å²) in [5.74, 6) is 0. The molecule has 17 heavy (non-hydrogen) atoms. The van der Waals surface area contributed by atoms with Crippen molar-refractivity contribution in [3.63, 3.8) is 0 Å². The number of aliphatic hydroxyl groups is 1. The second kappa shape index (κ2) is 5.60. The Morgan fingerprint density at radius 2 is 2.00 bits per heavy atom. The van der Waals surface area contributed by atoms with E-state index >= 15 is 0 Å². The van der Waals surface area contributed by atoms with Gasteiger partial charge >= 0.3 is 6.18 Å². The Labute approximate surface area is 103 Å². The smallest absolute Gasteiger partial charge is 0.396 e. The molecule has 0 amide bonds. The quantitative estimate of drug-likeness (QED) is 0.906. The molecule has 1 aromatic carbocycles. The van der Waals surface area contributed by atoms with E-state index in [1.54, 1.807) is 11.9 Å². The predicted molar refractivity (Wildman–Crippen MR) is 61.4 cm³/mol. The van der Waals surface area contributed by atoms with Crippen LogP contribution in [0.25, 0.3) is 0 Å². The lowest BCUT2D eigenvalue weighted by molar-refractivity contribution is -0.137. The van der Waals surface area contributed by atoms with Crippen LogP contribution in [0.3, 0.4) is 0 Å². The minimum atomic E-state index is -4.45. The number of anilines is 1. The molecule has 1 N–H and O–H groups in total. The fourth-order valence-corrected chi connectivity index (χ4v) is 1.63. The molecule has 6 heteroatoms. The molecule has 96 valence electrons. The largest absolute Gasteiger partial charge is 0.417 e. The highest BCUT2D eigenvalue weighted by molar-refractivity contribution is 6.31. The summed E-state index contributed by atoms with van der Waals surface area (Å²) in [6.45, 7) is 0.486. The van der Waals surface area contributed by atoms with Gasteiger partial charge in [0, 0.05) is 25.9 Å². The molecule has 0 aromatic heterocycles. The van der Waals surface area contributed by atoms with E-state index in [9.17, 15) is 13.2 Å². The van der Waals surface area contributed by atoms with Crippen molar-refractivity contribution in [1.82, 2.24) is 0 Å². The summed E-state index contributed by atoms with van der Waals surface area (Å²) in [6.07, 6.45) is -3.95. The summed E-state index contributed by atoms with van der Waals surface area (Å²) in [5.41, 5.74) is -0.414. The fourth-order valence-electron chi connectivity index (χ4n) is 1.40. The predicted octanol–water partition coefficient (Wildman–Crippen LogP) is 3.18. The number of aliphatic hydroxyl groups excluding tert-OH is 1.